The molecule has 1 aliphatic heterocycles. The smallest absolute Gasteiger partial charge is 0.491 e. The number of rotatable bonds is 4. The molecule has 0 fully saturated rings. The zero-order valence-electron chi connectivity index (χ0n) is 9.00. The van der Waals surface area contributed by atoms with Crippen LogP contribution in [0.4, 0.5) is 0 Å². The first-order valence-electron chi connectivity index (χ1n) is 5.11. The molecule has 0 saturated heterocycles. The van der Waals surface area contributed by atoms with Gasteiger partial charge in [-0.2, -0.15) is 0 Å². The first-order valence-corrected chi connectivity index (χ1v) is 5.11. The van der Waals surface area contributed by atoms with Crippen molar-refractivity contribution in [3.05, 3.63) is 23.8 Å². The Bertz CT molecular complexity index is 439. The van der Waals surface area contributed by atoms with Gasteiger partial charge in [-0.3, -0.25) is 4.79 Å². The van der Waals surface area contributed by atoms with Crippen LogP contribution in [0.3, 0.4) is 0 Å². The molecule has 1 aliphatic rings. The Morgan fingerprint density at radius 1 is 1.65 bits per heavy atom. The monoisotopic (exact) mass is 237 g/mol. The molecule has 0 radical (unpaired) electrons. The van der Waals surface area contributed by atoms with Gasteiger partial charge in [-0.15, -0.1) is 0 Å². The van der Waals surface area contributed by atoms with Crippen LogP contribution >= 0.6 is 0 Å². The first-order chi connectivity index (χ1) is 8.08. The Morgan fingerprint density at radius 2 is 2.41 bits per heavy atom. The predicted octanol–water partition coefficient (Wildman–Crippen LogP) is -1.30. The molecule has 1 unspecified atom stereocenters. The second-order valence-corrected chi connectivity index (χ2v) is 3.78. The summed E-state index contributed by atoms with van der Waals surface area (Å²) in [6, 6.07) is 3.99. The van der Waals surface area contributed by atoms with E-state index in [4.69, 9.17) is 20.2 Å². The van der Waals surface area contributed by atoms with Gasteiger partial charge in [-0.25, -0.2) is 0 Å². The van der Waals surface area contributed by atoms with Crippen LogP contribution in [-0.4, -0.2) is 35.9 Å². The minimum Gasteiger partial charge on any atom is -0.491 e. The van der Waals surface area contributed by atoms with E-state index < -0.39 is 19.1 Å². The third-order valence-corrected chi connectivity index (χ3v) is 2.52. The van der Waals surface area contributed by atoms with Gasteiger partial charge < -0.3 is 25.3 Å². The summed E-state index contributed by atoms with van der Waals surface area (Å²) >= 11 is 0. The summed E-state index contributed by atoms with van der Waals surface area (Å²) in [6.45, 7) is 0.218. The molecule has 0 bridgehead atoms. The molecule has 1 aromatic carbocycles. The van der Waals surface area contributed by atoms with Crippen molar-refractivity contribution in [3.8, 4) is 5.75 Å². The summed E-state index contributed by atoms with van der Waals surface area (Å²) in [5, 5.41) is 18.0. The van der Waals surface area contributed by atoms with E-state index in [-0.39, 0.29) is 6.61 Å². The number of hydrogen-bond acceptors (Lipinski definition) is 5. The standard InChI is InChI=1S/C10H12BNO5/c12-9(10(13)14)5-16-7-1-2-8-6(3-7)4-17-11(8)15/h1-3,9,15H,4-5,12H2,(H,13,14). The Hall–Kier alpha value is -1.57. The number of ether oxygens (including phenoxy) is 1. The van der Waals surface area contributed by atoms with E-state index in [0.29, 0.717) is 17.8 Å². The molecule has 6 nitrogen and oxygen atoms in total. The number of fused-ring (bicyclic) bond motifs is 1. The lowest BCUT2D eigenvalue weighted by atomic mass is 9.80. The number of nitrogens with two attached hydrogens (primary N) is 1. The highest BCUT2D eigenvalue weighted by Crippen LogP contribution is 2.17. The molecule has 1 aromatic rings. The molecule has 0 spiro atoms. The van der Waals surface area contributed by atoms with E-state index in [1.165, 1.54) is 0 Å². The molecule has 1 atom stereocenters. The van der Waals surface area contributed by atoms with Crippen molar-refractivity contribution in [2.24, 2.45) is 5.73 Å². The molecule has 0 aromatic heterocycles. The zero-order valence-corrected chi connectivity index (χ0v) is 9.00. The van der Waals surface area contributed by atoms with Crippen LogP contribution in [0.15, 0.2) is 18.2 Å². The minimum atomic E-state index is -1.11. The van der Waals surface area contributed by atoms with Gasteiger partial charge in [0, 0.05) is 0 Å². The summed E-state index contributed by atoms with van der Waals surface area (Å²) in [4.78, 5) is 10.5. The lowest BCUT2D eigenvalue weighted by Crippen LogP contribution is -2.36. The van der Waals surface area contributed by atoms with Crippen molar-refractivity contribution in [3.63, 3.8) is 0 Å². The predicted molar refractivity (Wildman–Crippen MR) is 59.9 cm³/mol. The molecular weight excluding hydrogens is 225 g/mol. The van der Waals surface area contributed by atoms with Gasteiger partial charge in [0.25, 0.3) is 0 Å². The summed E-state index contributed by atoms with van der Waals surface area (Å²) in [5.74, 6) is -0.594. The van der Waals surface area contributed by atoms with Gasteiger partial charge in [0.15, 0.2) is 0 Å². The Morgan fingerprint density at radius 3 is 3.12 bits per heavy atom. The van der Waals surface area contributed by atoms with Crippen molar-refractivity contribution in [1.82, 2.24) is 0 Å². The quantitative estimate of drug-likeness (QED) is 0.562. The maximum Gasteiger partial charge on any atom is 0.491 e. The highest BCUT2D eigenvalue weighted by atomic mass is 16.5. The number of carboxylic acids is 1. The van der Waals surface area contributed by atoms with Crippen molar-refractivity contribution >= 4 is 18.6 Å². The summed E-state index contributed by atoms with van der Waals surface area (Å²) < 4.78 is 10.3. The lowest BCUT2D eigenvalue weighted by molar-refractivity contribution is -0.139. The van der Waals surface area contributed by atoms with Gasteiger partial charge in [0.05, 0.1) is 6.61 Å². The second-order valence-electron chi connectivity index (χ2n) is 3.78. The van der Waals surface area contributed by atoms with Crippen molar-refractivity contribution in [1.29, 1.82) is 0 Å². The molecule has 4 N–H and O–H groups in total. The first kappa shape index (κ1) is 11.9. The molecule has 2 rings (SSSR count). The summed E-state index contributed by atoms with van der Waals surface area (Å²) in [6.07, 6.45) is 0. The van der Waals surface area contributed by atoms with Crippen LogP contribution in [-0.2, 0) is 16.1 Å². The fraction of sp³-hybridized carbons (Fsp3) is 0.300. The van der Waals surface area contributed by atoms with E-state index >= 15 is 0 Å². The van der Waals surface area contributed by atoms with Crippen molar-refractivity contribution in [2.45, 2.75) is 12.6 Å². The van der Waals surface area contributed by atoms with Gasteiger partial charge in [0.1, 0.15) is 18.4 Å². The summed E-state index contributed by atoms with van der Waals surface area (Å²) in [5.41, 5.74) is 6.85. The molecule has 0 saturated carbocycles. The molecule has 1 heterocycles. The number of aliphatic carboxylic acids is 1. The number of hydrogen-bond donors (Lipinski definition) is 3. The van der Waals surface area contributed by atoms with Gasteiger partial charge in [0.2, 0.25) is 0 Å². The van der Waals surface area contributed by atoms with E-state index in [0.717, 1.165) is 5.56 Å². The van der Waals surface area contributed by atoms with Crippen LogP contribution < -0.4 is 15.9 Å². The average Bonchev–Trinajstić information content (AvgIpc) is 2.67. The summed E-state index contributed by atoms with van der Waals surface area (Å²) in [7, 11) is -0.889. The molecule has 7 heteroatoms. The third kappa shape index (κ3) is 2.58. The maximum absolute atomic E-state index is 10.5. The number of carboxylic acid groups (broad SMARTS) is 1. The van der Waals surface area contributed by atoms with Crippen molar-refractivity contribution in [2.75, 3.05) is 6.61 Å². The van der Waals surface area contributed by atoms with Crippen LogP contribution in [0, 0.1) is 0 Å². The lowest BCUT2D eigenvalue weighted by Gasteiger charge is -2.10. The highest BCUT2D eigenvalue weighted by molar-refractivity contribution is 6.61. The van der Waals surface area contributed by atoms with E-state index in [2.05, 4.69) is 0 Å². The van der Waals surface area contributed by atoms with Crippen LogP contribution in [0.2, 0.25) is 0 Å². The highest BCUT2D eigenvalue weighted by Gasteiger charge is 2.27. The molecule has 0 aliphatic carbocycles. The van der Waals surface area contributed by atoms with Gasteiger partial charge >= 0.3 is 13.1 Å². The van der Waals surface area contributed by atoms with Gasteiger partial charge in [-0.05, 0) is 23.2 Å². The fourth-order valence-corrected chi connectivity index (χ4v) is 1.55. The molecule has 0 amide bonds. The van der Waals surface area contributed by atoms with Gasteiger partial charge in [-0.1, -0.05) is 6.07 Å². The fourth-order valence-electron chi connectivity index (χ4n) is 1.55. The molecular formula is C10H12BNO5. The number of carbonyl (C=O) groups is 1. The van der Waals surface area contributed by atoms with E-state index in [1.807, 2.05) is 0 Å². The molecule has 17 heavy (non-hydrogen) atoms. The Kier molecular flexibility index (Phi) is 3.32. The van der Waals surface area contributed by atoms with Crippen LogP contribution in [0.25, 0.3) is 0 Å². The molecule has 90 valence electrons. The van der Waals surface area contributed by atoms with Crippen molar-refractivity contribution < 1.29 is 24.3 Å². The minimum absolute atomic E-state index is 0.0997. The maximum atomic E-state index is 10.5. The zero-order chi connectivity index (χ0) is 12.4. The normalized spacial score (nSPS) is 15.5. The Labute approximate surface area is 98.1 Å². The average molecular weight is 237 g/mol. The second kappa shape index (κ2) is 4.74. The van der Waals surface area contributed by atoms with E-state index in [9.17, 15) is 9.82 Å². The van der Waals surface area contributed by atoms with Crippen LogP contribution in [0.1, 0.15) is 5.56 Å². The Balaban J connectivity index is 2.01. The SMILES string of the molecule is NC(COc1ccc2c(c1)COB2O)C(=O)O. The third-order valence-electron chi connectivity index (χ3n) is 2.52. The topological polar surface area (TPSA) is 102 Å². The van der Waals surface area contributed by atoms with E-state index in [1.54, 1.807) is 18.2 Å². The number of benzene rings is 1. The van der Waals surface area contributed by atoms with Crippen LogP contribution in [0.5, 0.6) is 5.75 Å². The largest absolute Gasteiger partial charge is 0.491 e.